The third kappa shape index (κ3) is 3.18. The van der Waals surface area contributed by atoms with E-state index in [-0.39, 0.29) is 11.0 Å². The SMILES string of the molecule is CC1(C)CSCC(O)(C2CCOC3(CCSCC3)C2)C1. The van der Waals surface area contributed by atoms with Crippen molar-refractivity contribution in [3.05, 3.63) is 0 Å². The molecule has 2 nitrogen and oxygen atoms in total. The van der Waals surface area contributed by atoms with Crippen molar-refractivity contribution in [2.24, 2.45) is 11.3 Å². The fraction of sp³-hybridized carbons (Fsp3) is 1.00. The molecule has 3 aliphatic rings. The summed E-state index contributed by atoms with van der Waals surface area (Å²) in [4.78, 5) is 0. The van der Waals surface area contributed by atoms with Crippen LogP contribution < -0.4 is 0 Å². The normalized spacial score (nSPS) is 40.6. The van der Waals surface area contributed by atoms with E-state index in [4.69, 9.17) is 4.74 Å². The van der Waals surface area contributed by atoms with E-state index in [1.165, 1.54) is 30.1 Å². The van der Waals surface area contributed by atoms with Crippen molar-refractivity contribution in [1.29, 1.82) is 0 Å². The lowest BCUT2D eigenvalue weighted by atomic mass is 9.69. The van der Waals surface area contributed by atoms with Gasteiger partial charge >= 0.3 is 0 Å². The highest BCUT2D eigenvalue weighted by molar-refractivity contribution is 7.99. The first-order valence-corrected chi connectivity index (χ1v) is 10.3. The maximum absolute atomic E-state index is 11.3. The van der Waals surface area contributed by atoms with Gasteiger partial charge < -0.3 is 9.84 Å². The molecule has 20 heavy (non-hydrogen) atoms. The van der Waals surface area contributed by atoms with Crippen LogP contribution in [0.25, 0.3) is 0 Å². The van der Waals surface area contributed by atoms with Gasteiger partial charge in [-0.15, -0.1) is 0 Å². The van der Waals surface area contributed by atoms with Gasteiger partial charge in [0.05, 0.1) is 11.2 Å². The summed E-state index contributed by atoms with van der Waals surface area (Å²) in [7, 11) is 0. The Balaban J connectivity index is 1.72. The van der Waals surface area contributed by atoms with E-state index in [0.717, 1.165) is 31.6 Å². The topological polar surface area (TPSA) is 29.5 Å². The number of rotatable bonds is 1. The molecule has 4 heteroatoms. The molecule has 0 aromatic heterocycles. The fourth-order valence-corrected chi connectivity index (χ4v) is 6.96. The number of aliphatic hydroxyl groups is 1. The first-order valence-electron chi connectivity index (χ1n) is 7.95. The van der Waals surface area contributed by atoms with Crippen molar-refractivity contribution in [1.82, 2.24) is 0 Å². The maximum atomic E-state index is 11.3. The van der Waals surface area contributed by atoms with Crippen molar-refractivity contribution < 1.29 is 9.84 Å². The van der Waals surface area contributed by atoms with E-state index in [0.29, 0.717) is 5.92 Å². The van der Waals surface area contributed by atoms with Crippen LogP contribution in [-0.2, 0) is 4.74 Å². The molecule has 3 fully saturated rings. The zero-order valence-corrected chi connectivity index (χ0v) is 14.5. The Bertz CT molecular complexity index is 347. The lowest BCUT2D eigenvalue weighted by Gasteiger charge is -2.51. The molecule has 1 spiro atoms. The molecule has 3 saturated heterocycles. The van der Waals surface area contributed by atoms with Crippen LogP contribution in [-0.4, -0.2) is 45.9 Å². The monoisotopic (exact) mass is 316 g/mol. The second kappa shape index (κ2) is 5.68. The van der Waals surface area contributed by atoms with Gasteiger partial charge in [-0.1, -0.05) is 13.8 Å². The molecule has 0 radical (unpaired) electrons. The van der Waals surface area contributed by atoms with Crippen molar-refractivity contribution in [2.75, 3.05) is 29.6 Å². The van der Waals surface area contributed by atoms with Gasteiger partial charge in [0.2, 0.25) is 0 Å². The Morgan fingerprint density at radius 2 is 1.85 bits per heavy atom. The minimum absolute atomic E-state index is 0.0934. The summed E-state index contributed by atoms with van der Waals surface area (Å²) in [5.41, 5.74) is -0.102. The Labute approximate surface area is 131 Å². The average molecular weight is 317 g/mol. The number of hydrogen-bond acceptors (Lipinski definition) is 4. The molecule has 2 atom stereocenters. The largest absolute Gasteiger partial charge is 0.389 e. The molecular weight excluding hydrogens is 288 g/mol. The average Bonchev–Trinajstić information content (AvgIpc) is 2.38. The van der Waals surface area contributed by atoms with Crippen LogP contribution in [0.5, 0.6) is 0 Å². The molecule has 3 rings (SSSR count). The quantitative estimate of drug-likeness (QED) is 0.801. The number of ether oxygens (including phenoxy) is 1. The van der Waals surface area contributed by atoms with Crippen molar-refractivity contribution in [3.8, 4) is 0 Å². The summed E-state index contributed by atoms with van der Waals surface area (Å²) in [5.74, 6) is 5.00. The van der Waals surface area contributed by atoms with Crippen molar-refractivity contribution in [2.45, 2.75) is 57.2 Å². The van der Waals surface area contributed by atoms with E-state index in [2.05, 4.69) is 25.6 Å². The van der Waals surface area contributed by atoms with Crippen LogP contribution in [0.1, 0.15) is 46.0 Å². The molecule has 0 aromatic rings. The lowest BCUT2D eigenvalue weighted by Crippen LogP contribution is -2.54. The Hall–Kier alpha value is 0.620. The Kier molecular flexibility index (Phi) is 4.40. The van der Waals surface area contributed by atoms with Gasteiger partial charge in [-0.2, -0.15) is 23.5 Å². The van der Waals surface area contributed by atoms with Crippen LogP contribution in [0.15, 0.2) is 0 Å². The second-order valence-corrected chi connectivity index (χ2v) is 9.98. The summed E-state index contributed by atoms with van der Waals surface area (Å²) >= 11 is 3.99. The van der Waals surface area contributed by atoms with Crippen LogP contribution in [0, 0.1) is 11.3 Å². The molecule has 0 aliphatic carbocycles. The first-order chi connectivity index (χ1) is 9.43. The molecule has 0 aromatic carbocycles. The van der Waals surface area contributed by atoms with Gasteiger partial charge in [0, 0.05) is 12.4 Å². The molecule has 3 heterocycles. The molecule has 0 saturated carbocycles. The molecule has 0 amide bonds. The highest BCUT2D eigenvalue weighted by atomic mass is 32.2. The minimum atomic E-state index is -0.464. The summed E-state index contributed by atoms with van der Waals surface area (Å²) in [6.07, 6.45) is 5.45. The maximum Gasteiger partial charge on any atom is 0.0773 e. The van der Waals surface area contributed by atoms with Gasteiger partial charge in [0.1, 0.15) is 0 Å². The highest BCUT2D eigenvalue weighted by Gasteiger charge is 2.49. The molecule has 0 bridgehead atoms. The van der Waals surface area contributed by atoms with E-state index in [1.807, 2.05) is 11.8 Å². The van der Waals surface area contributed by atoms with Gasteiger partial charge in [-0.3, -0.25) is 0 Å². The third-order valence-electron chi connectivity index (χ3n) is 5.29. The summed E-state index contributed by atoms with van der Waals surface area (Å²) < 4.78 is 6.19. The highest BCUT2D eigenvalue weighted by Crippen LogP contribution is 2.49. The molecular formula is C16H28O2S2. The van der Waals surface area contributed by atoms with E-state index in [1.54, 1.807) is 0 Å². The standard InChI is InChI=1S/C16H28O2S2/c1-14(2)10-16(17,12-20-11-14)13-3-6-18-15(9-13)4-7-19-8-5-15/h13,17H,3-12H2,1-2H3. The van der Waals surface area contributed by atoms with Crippen molar-refractivity contribution >= 4 is 23.5 Å². The van der Waals surface area contributed by atoms with E-state index in [9.17, 15) is 5.11 Å². The molecule has 116 valence electrons. The minimum Gasteiger partial charge on any atom is -0.389 e. The van der Waals surface area contributed by atoms with Gasteiger partial charge in [0.15, 0.2) is 0 Å². The molecule has 3 aliphatic heterocycles. The first kappa shape index (κ1) is 15.5. The van der Waals surface area contributed by atoms with Crippen LogP contribution >= 0.6 is 23.5 Å². The predicted octanol–water partition coefficient (Wildman–Crippen LogP) is 3.57. The predicted molar refractivity (Wildman–Crippen MR) is 88.6 cm³/mol. The Morgan fingerprint density at radius 1 is 1.10 bits per heavy atom. The van der Waals surface area contributed by atoms with Crippen molar-refractivity contribution in [3.63, 3.8) is 0 Å². The van der Waals surface area contributed by atoms with Gasteiger partial charge in [-0.05, 0) is 60.7 Å². The van der Waals surface area contributed by atoms with Gasteiger partial charge in [-0.25, -0.2) is 0 Å². The Morgan fingerprint density at radius 3 is 2.55 bits per heavy atom. The van der Waals surface area contributed by atoms with Crippen LogP contribution in [0.4, 0.5) is 0 Å². The van der Waals surface area contributed by atoms with Crippen LogP contribution in [0.3, 0.4) is 0 Å². The smallest absolute Gasteiger partial charge is 0.0773 e. The zero-order valence-electron chi connectivity index (χ0n) is 12.8. The lowest BCUT2D eigenvalue weighted by molar-refractivity contribution is -0.148. The summed E-state index contributed by atoms with van der Waals surface area (Å²) in [6.45, 7) is 5.45. The number of hydrogen-bond donors (Lipinski definition) is 1. The summed E-state index contributed by atoms with van der Waals surface area (Å²) in [5, 5.41) is 11.3. The third-order valence-corrected chi connectivity index (χ3v) is 7.96. The van der Waals surface area contributed by atoms with E-state index < -0.39 is 5.60 Å². The number of thioether (sulfide) groups is 2. The van der Waals surface area contributed by atoms with E-state index >= 15 is 0 Å². The van der Waals surface area contributed by atoms with Crippen LogP contribution in [0.2, 0.25) is 0 Å². The molecule has 1 N–H and O–H groups in total. The fourth-order valence-electron chi connectivity index (χ4n) is 4.28. The molecule has 2 unspecified atom stereocenters. The zero-order chi connectivity index (χ0) is 14.3. The van der Waals surface area contributed by atoms with Gasteiger partial charge in [0.25, 0.3) is 0 Å². The second-order valence-electron chi connectivity index (χ2n) is 7.77. The summed E-state index contributed by atoms with van der Waals surface area (Å²) in [6, 6.07) is 0.